The van der Waals surface area contributed by atoms with Crippen molar-refractivity contribution in [3.63, 3.8) is 0 Å². The van der Waals surface area contributed by atoms with Crippen LogP contribution >= 0.6 is 0 Å². The zero-order chi connectivity index (χ0) is 20.9. The second-order valence-electron chi connectivity index (χ2n) is 6.63. The predicted octanol–water partition coefficient (Wildman–Crippen LogP) is 3.05. The van der Waals surface area contributed by atoms with E-state index in [-0.39, 0.29) is 5.91 Å². The van der Waals surface area contributed by atoms with E-state index in [1.165, 1.54) is 12.4 Å². The molecule has 4 rings (SSSR count). The van der Waals surface area contributed by atoms with Crippen LogP contribution in [0.15, 0.2) is 78.9 Å². The van der Waals surface area contributed by atoms with Crippen molar-refractivity contribution in [2.24, 2.45) is 5.73 Å². The molecule has 0 unspecified atom stereocenters. The Balaban J connectivity index is 1.53. The third kappa shape index (κ3) is 4.02. The molecule has 0 fully saturated rings. The minimum Gasteiger partial charge on any atom is -0.404 e. The number of nitrogens with one attached hydrogen (secondary N) is 6. The van der Waals surface area contributed by atoms with E-state index in [9.17, 15) is 4.79 Å². The lowest BCUT2D eigenvalue weighted by atomic mass is 10.1. The summed E-state index contributed by atoms with van der Waals surface area (Å²) in [5, 5.41) is 14.6. The number of nitrogens with two attached hydrogens (primary N) is 1. The summed E-state index contributed by atoms with van der Waals surface area (Å²) >= 11 is 0. The molecule has 0 radical (unpaired) electrons. The summed E-state index contributed by atoms with van der Waals surface area (Å²) in [4.78, 5) is 15.7. The van der Waals surface area contributed by atoms with Crippen molar-refractivity contribution in [2.45, 2.75) is 0 Å². The number of hydrogen-bond acceptors (Lipinski definition) is 6. The second-order valence-corrected chi connectivity index (χ2v) is 6.63. The Morgan fingerprint density at radius 3 is 2.70 bits per heavy atom. The van der Waals surface area contributed by atoms with E-state index >= 15 is 0 Å². The molecule has 0 atom stereocenters. The summed E-state index contributed by atoms with van der Waals surface area (Å²) in [5.41, 5.74) is 16.4. The van der Waals surface area contributed by atoms with Gasteiger partial charge in [0.15, 0.2) is 0 Å². The van der Waals surface area contributed by atoms with Crippen molar-refractivity contribution in [3.8, 4) is 0 Å². The third-order valence-corrected chi connectivity index (χ3v) is 4.60. The van der Waals surface area contributed by atoms with Crippen LogP contribution in [0, 0.1) is 5.41 Å². The summed E-state index contributed by atoms with van der Waals surface area (Å²) in [7, 11) is 0. The topological polar surface area (TPSA) is 131 Å². The minimum atomic E-state index is -0.222. The summed E-state index contributed by atoms with van der Waals surface area (Å²) in [5.74, 6) is -0.222. The van der Waals surface area contributed by atoms with Gasteiger partial charge in [-0.05, 0) is 42.0 Å². The van der Waals surface area contributed by atoms with Crippen molar-refractivity contribution in [3.05, 3.63) is 90.2 Å². The highest BCUT2D eigenvalue weighted by Gasteiger charge is 2.11. The molecule has 8 N–H and O–H groups in total. The number of fused-ring (bicyclic) bond motifs is 1. The Bertz CT molecular complexity index is 1200. The number of H-pyrrole nitrogens is 1. The molecular formula is C22H21N7O. The zero-order valence-electron chi connectivity index (χ0n) is 16.0. The smallest absolute Gasteiger partial charge is 0.272 e. The van der Waals surface area contributed by atoms with Crippen molar-refractivity contribution in [1.82, 2.24) is 21.2 Å². The van der Waals surface area contributed by atoms with E-state index in [0.717, 1.165) is 27.8 Å². The predicted molar refractivity (Wildman–Crippen MR) is 120 cm³/mol. The number of anilines is 2. The average molecular weight is 399 g/mol. The van der Waals surface area contributed by atoms with Crippen LogP contribution in [-0.2, 0) is 0 Å². The Morgan fingerprint density at radius 1 is 1.07 bits per heavy atom. The van der Waals surface area contributed by atoms with E-state index in [4.69, 9.17) is 11.1 Å². The molecule has 2 aromatic carbocycles. The number of carbonyl (C=O) groups is 1. The third-order valence-electron chi connectivity index (χ3n) is 4.60. The summed E-state index contributed by atoms with van der Waals surface area (Å²) in [6.07, 6.45) is 7.76. The molecule has 1 amide bonds. The Hall–Kier alpha value is -4.46. The number of rotatable bonds is 6. The van der Waals surface area contributed by atoms with Crippen molar-refractivity contribution in [1.29, 1.82) is 5.41 Å². The molecule has 3 aromatic rings. The normalized spacial score (nSPS) is 13.2. The number of carbonyl (C=O) groups excluding carboxylic acids is 1. The number of aromatic amines is 1. The fourth-order valence-electron chi connectivity index (χ4n) is 3.12. The average Bonchev–Trinajstić information content (AvgIpc) is 3.19. The second kappa shape index (κ2) is 8.27. The lowest BCUT2D eigenvalue weighted by molar-refractivity contribution is 0.0962. The van der Waals surface area contributed by atoms with Gasteiger partial charge in [0.2, 0.25) is 0 Å². The molecule has 0 saturated heterocycles. The van der Waals surface area contributed by atoms with Gasteiger partial charge in [0.05, 0.1) is 5.70 Å². The molecule has 30 heavy (non-hydrogen) atoms. The van der Waals surface area contributed by atoms with Crippen molar-refractivity contribution < 1.29 is 4.79 Å². The standard InChI is InChI=1S/C22H21N7O/c23-11-16(12-24)14-2-1-3-17(8-14)27-18-5-4-15-9-21(29-20(15)10-18)22(30)28-19-6-7-25-26-13-19/h1-13,23,25-27,29H,24H2,(H,28,30)/b16-12+,23-11?. The highest BCUT2D eigenvalue weighted by atomic mass is 16.1. The monoisotopic (exact) mass is 399 g/mol. The van der Waals surface area contributed by atoms with Crippen LogP contribution in [-0.4, -0.2) is 17.1 Å². The maximum Gasteiger partial charge on any atom is 0.272 e. The van der Waals surface area contributed by atoms with Crippen LogP contribution in [0.25, 0.3) is 16.5 Å². The first-order valence-electron chi connectivity index (χ1n) is 9.28. The molecule has 0 saturated carbocycles. The summed E-state index contributed by atoms with van der Waals surface area (Å²) in [6, 6.07) is 15.3. The Morgan fingerprint density at radius 2 is 1.93 bits per heavy atom. The largest absolute Gasteiger partial charge is 0.404 e. The van der Waals surface area contributed by atoms with E-state index in [1.807, 2.05) is 48.5 Å². The van der Waals surface area contributed by atoms with Crippen molar-refractivity contribution >= 4 is 40.0 Å². The van der Waals surface area contributed by atoms with Gasteiger partial charge in [0.1, 0.15) is 5.69 Å². The van der Waals surface area contributed by atoms with Crippen LogP contribution in [0.2, 0.25) is 0 Å². The molecule has 8 nitrogen and oxygen atoms in total. The van der Waals surface area contributed by atoms with Gasteiger partial charge in [-0.1, -0.05) is 18.2 Å². The first-order valence-corrected chi connectivity index (χ1v) is 9.28. The maximum absolute atomic E-state index is 12.5. The molecule has 0 bridgehead atoms. The van der Waals surface area contributed by atoms with E-state index < -0.39 is 0 Å². The quantitative estimate of drug-likeness (QED) is 0.320. The number of aromatic nitrogens is 1. The maximum atomic E-state index is 12.5. The van der Waals surface area contributed by atoms with Crippen LogP contribution in [0.1, 0.15) is 16.1 Å². The molecule has 150 valence electrons. The van der Waals surface area contributed by atoms with Gasteiger partial charge in [-0.25, -0.2) is 0 Å². The Kier molecular flexibility index (Phi) is 5.21. The summed E-state index contributed by atoms with van der Waals surface area (Å²) < 4.78 is 0. The lowest BCUT2D eigenvalue weighted by Crippen LogP contribution is -2.30. The molecule has 1 aromatic heterocycles. The SMILES string of the molecule is N=C/C(=C\N)c1cccc(Nc2ccc3cc(C(=O)NC4=CNNC=C4)[nH]c3c2)c1. The van der Waals surface area contributed by atoms with Crippen LogP contribution in [0.5, 0.6) is 0 Å². The van der Waals surface area contributed by atoms with Crippen LogP contribution in [0.3, 0.4) is 0 Å². The van der Waals surface area contributed by atoms with Gasteiger partial charge in [0, 0.05) is 52.7 Å². The van der Waals surface area contributed by atoms with Crippen molar-refractivity contribution in [2.75, 3.05) is 5.32 Å². The van der Waals surface area contributed by atoms with E-state index in [1.54, 1.807) is 18.5 Å². The van der Waals surface area contributed by atoms with Gasteiger partial charge in [0.25, 0.3) is 5.91 Å². The molecule has 1 aliphatic heterocycles. The number of hydrogen-bond donors (Lipinski definition) is 7. The van der Waals surface area contributed by atoms with Gasteiger partial charge in [-0.3, -0.25) is 4.79 Å². The van der Waals surface area contributed by atoms with Gasteiger partial charge in [-0.2, -0.15) is 0 Å². The van der Waals surface area contributed by atoms with Crippen LogP contribution < -0.4 is 27.2 Å². The Labute approximate surface area is 173 Å². The highest BCUT2D eigenvalue weighted by molar-refractivity contribution is 6.08. The fourth-order valence-corrected chi connectivity index (χ4v) is 3.12. The first kappa shape index (κ1) is 18.9. The number of amides is 1. The molecule has 0 aliphatic carbocycles. The van der Waals surface area contributed by atoms with Gasteiger partial charge >= 0.3 is 0 Å². The number of hydrazine groups is 1. The molecule has 8 heteroatoms. The lowest BCUT2D eigenvalue weighted by Gasteiger charge is -2.10. The molecule has 1 aliphatic rings. The highest BCUT2D eigenvalue weighted by Crippen LogP contribution is 2.25. The van der Waals surface area contributed by atoms with Crippen LogP contribution in [0.4, 0.5) is 11.4 Å². The van der Waals surface area contributed by atoms with E-state index in [2.05, 4.69) is 26.5 Å². The first-order chi connectivity index (χ1) is 14.7. The molecule has 2 heterocycles. The minimum absolute atomic E-state index is 0.222. The number of allylic oxidation sites excluding steroid dienone is 2. The van der Waals surface area contributed by atoms with Gasteiger partial charge < -0.3 is 37.6 Å². The fraction of sp³-hybridized carbons (Fsp3) is 0. The number of benzene rings is 2. The van der Waals surface area contributed by atoms with E-state index in [0.29, 0.717) is 17.0 Å². The molecular weight excluding hydrogens is 378 g/mol. The molecule has 0 spiro atoms. The summed E-state index contributed by atoms with van der Waals surface area (Å²) in [6.45, 7) is 0. The van der Waals surface area contributed by atoms with Gasteiger partial charge in [-0.15, -0.1) is 0 Å². The zero-order valence-corrected chi connectivity index (χ0v) is 16.0.